The Morgan fingerprint density at radius 3 is 2.45 bits per heavy atom. The van der Waals surface area contributed by atoms with Gasteiger partial charge in [0.15, 0.2) is 6.10 Å². The lowest BCUT2D eigenvalue weighted by molar-refractivity contribution is 0.0777. The van der Waals surface area contributed by atoms with Crippen molar-refractivity contribution in [3.8, 4) is 5.75 Å². The zero-order chi connectivity index (χ0) is 15.9. The first-order chi connectivity index (χ1) is 10.6. The summed E-state index contributed by atoms with van der Waals surface area (Å²) in [5.74, 6) is 0.656. The number of benzene rings is 2. The number of hydrogen-bond acceptors (Lipinski definition) is 3. The van der Waals surface area contributed by atoms with E-state index in [-0.39, 0.29) is 5.78 Å². The predicted molar refractivity (Wildman–Crippen MR) is 90.3 cm³/mol. The molecule has 0 spiro atoms. The molecule has 3 heteroatoms. The Bertz CT molecular complexity index is 620. The average molecular weight is 297 g/mol. The number of carbonyl (C=O) groups is 1. The van der Waals surface area contributed by atoms with E-state index in [1.54, 1.807) is 12.1 Å². The molecule has 0 aliphatic carbocycles. The zero-order valence-electron chi connectivity index (χ0n) is 13.2. The summed E-state index contributed by atoms with van der Waals surface area (Å²) >= 11 is 0. The molecule has 0 saturated carbocycles. The van der Waals surface area contributed by atoms with Crippen molar-refractivity contribution in [2.75, 3.05) is 5.73 Å². The first-order valence-electron chi connectivity index (χ1n) is 7.79. The normalized spacial score (nSPS) is 11.9. The molecule has 0 aliphatic rings. The molecule has 0 radical (unpaired) electrons. The van der Waals surface area contributed by atoms with Gasteiger partial charge in [-0.05, 0) is 30.5 Å². The molecular weight excluding hydrogens is 274 g/mol. The van der Waals surface area contributed by atoms with Crippen LogP contribution in [-0.4, -0.2) is 11.9 Å². The van der Waals surface area contributed by atoms with Crippen LogP contribution in [0.2, 0.25) is 0 Å². The molecule has 3 nitrogen and oxygen atoms in total. The second-order valence-corrected chi connectivity index (χ2v) is 5.38. The fourth-order valence-corrected chi connectivity index (χ4v) is 2.35. The molecule has 2 rings (SSSR count). The molecule has 1 unspecified atom stereocenters. The van der Waals surface area contributed by atoms with Crippen molar-refractivity contribution in [1.29, 1.82) is 0 Å². The number of anilines is 1. The van der Waals surface area contributed by atoms with Crippen LogP contribution < -0.4 is 10.5 Å². The summed E-state index contributed by atoms with van der Waals surface area (Å²) in [6.45, 7) is 4.14. The molecule has 0 aromatic heterocycles. The molecule has 2 N–H and O–H groups in total. The van der Waals surface area contributed by atoms with Gasteiger partial charge in [-0.1, -0.05) is 50.6 Å². The zero-order valence-corrected chi connectivity index (χ0v) is 13.2. The minimum atomic E-state index is -0.473. The Hall–Kier alpha value is -2.29. The Kier molecular flexibility index (Phi) is 5.59. The van der Waals surface area contributed by atoms with Gasteiger partial charge in [-0.2, -0.15) is 0 Å². The Labute approximate surface area is 132 Å². The van der Waals surface area contributed by atoms with E-state index in [4.69, 9.17) is 10.5 Å². The van der Waals surface area contributed by atoms with Crippen LogP contribution in [0.1, 0.15) is 42.6 Å². The lowest BCUT2D eigenvalue weighted by Gasteiger charge is -2.18. The molecule has 0 bridgehead atoms. The molecule has 0 aliphatic heterocycles. The van der Waals surface area contributed by atoms with Gasteiger partial charge in [0.05, 0.1) is 0 Å². The second kappa shape index (κ2) is 7.64. The van der Waals surface area contributed by atoms with Gasteiger partial charge >= 0.3 is 0 Å². The van der Waals surface area contributed by atoms with Gasteiger partial charge in [0.25, 0.3) is 0 Å². The third-order valence-corrected chi connectivity index (χ3v) is 3.63. The summed E-state index contributed by atoms with van der Waals surface area (Å²) in [4.78, 5) is 12.7. The highest BCUT2D eigenvalue weighted by Crippen LogP contribution is 2.20. The average Bonchev–Trinajstić information content (AvgIpc) is 2.54. The molecule has 2 aromatic rings. The number of hydrogen-bond donors (Lipinski definition) is 1. The van der Waals surface area contributed by atoms with Crippen molar-refractivity contribution >= 4 is 11.5 Å². The van der Waals surface area contributed by atoms with Gasteiger partial charge in [0.2, 0.25) is 5.78 Å². The van der Waals surface area contributed by atoms with E-state index >= 15 is 0 Å². The van der Waals surface area contributed by atoms with Crippen LogP contribution in [0.25, 0.3) is 0 Å². The fourth-order valence-electron chi connectivity index (χ4n) is 2.35. The molecular formula is C19H23NO2. The van der Waals surface area contributed by atoms with Gasteiger partial charge < -0.3 is 10.5 Å². The maximum atomic E-state index is 12.7. The minimum absolute atomic E-state index is 0.0203. The Morgan fingerprint density at radius 1 is 1.14 bits per heavy atom. The monoisotopic (exact) mass is 297 g/mol. The van der Waals surface area contributed by atoms with Crippen LogP contribution in [0.15, 0.2) is 48.5 Å². The summed E-state index contributed by atoms with van der Waals surface area (Å²) in [6, 6.07) is 15.0. The van der Waals surface area contributed by atoms with Gasteiger partial charge in [-0.25, -0.2) is 0 Å². The maximum absolute atomic E-state index is 12.7. The van der Waals surface area contributed by atoms with Crippen LogP contribution in [0, 0.1) is 0 Å². The maximum Gasteiger partial charge on any atom is 0.203 e. The highest BCUT2D eigenvalue weighted by molar-refractivity contribution is 5.99. The number of rotatable bonds is 7. The molecule has 0 fully saturated rings. The summed E-state index contributed by atoms with van der Waals surface area (Å²) in [6.07, 6.45) is 2.06. The van der Waals surface area contributed by atoms with E-state index in [0.29, 0.717) is 23.4 Å². The smallest absolute Gasteiger partial charge is 0.203 e. The van der Waals surface area contributed by atoms with Gasteiger partial charge in [-0.15, -0.1) is 0 Å². The first-order valence-corrected chi connectivity index (χ1v) is 7.79. The molecule has 0 amide bonds. The van der Waals surface area contributed by atoms with E-state index in [1.807, 2.05) is 43.3 Å². The van der Waals surface area contributed by atoms with Crippen LogP contribution in [-0.2, 0) is 6.42 Å². The number of ketones is 1. The number of carbonyl (C=O) groups excluding carboxylic acids is 1. The van der Waals surface area contributed by atoms with E-state index in [2.05, 4.69) is 6.92 Å². The topological polar surface area (TPSA) is 52.3 Å². The van der Waals surface area contributed by atoms with Crippen LogP contribution >= 0.6 is 0 Å². The van der Waals surface area contributed by atoms with E-state index in [1.165, 1.54) is 5.56 Å². The molecule has 22 heavy (non-hydrogen) atoms. The van der Waals surface area contributed by atoms with Gasteiger partial charge in [-0.3, -0.25) is 4.79 Å². The molecule has 116 valence electrons. The van der Waals surface area contributed by atoms with Crippen molar-refractivity contribution in [2.45, 2.75) is 39.2 Å². The van der Waals surface area contributed by atoms with Crippen LogP contribution in [0.3, 0.4) is 0 Å². The minimum Gasteiger partial charge on any atom is -0.482 e. The molecule has 0 heterocycles. The van der Waals surface area contributed by atoms with Crippen molar-refractivity contribution in [3.05, 3.63) is 59.7 Å². The highest BCUT2D eigenvalue weighted by Gasteiger charge is 2.21. The molecule has 1 atom stereocenters. The first kappa shape index (κ1) is 16.1. The third-order valence-electron chi connectivity index (χ3n) is 3.63. The van der Waals surface area contributed by atoms with Crippen molar-refractivity contribution in [2.24, 2.45) is 0 Å². The van der Waals surface area contributed by atoms with E-state index < -0.39 is 6.10 Å². The Balaban J connectivity index is 2.16. The van der Waals surface area contributed by atoms with E-state index in [0.717, 1.165) is 12.8 Å². The summed E-state index contributed by atoms with van der Waals surface area (Å²) < 4.78 is 5.88. The quantitative estimate of drug-likeness (QED) is 0.613. The van der Waals surface area contributed by atoms with Crippen molar-refractivity contribution in [3.63, 3.8) is 0 Å². The van der Waals surface area contributed by atoms with Crippen LogP contribution in [0.5, 0.6) is 5.75 Å². The largest absolute Gasteiger partial charge is 0.482 e. The SMILES string of the molecule is CCCC(Oc1cccc(N)c1)C(=O)c1ccc(CC)cc1. The number of ether oxygens (including phenoxy) is 1. The lowest BCUT2D eigenvalue weighted by atomic mass is 10.0. The number of nitrogen functional groups attached to an aromatic ring is 1. The second-order valence-electron chi connectivity index (χ2n) is 5.38. The third kappa shape index (κ3) is 4.10. The number of aryl methyl sites for hydroxylation is 1. The lowest BCUT2D eigenvalue weighted by Crippen LogP contribution is -2.27. The van der Waals surface area contributed by atoms with Crippen LogP contribution in [0.4, 0.5) is 5.69 Å². The predicted octanol–water partition coefficient (Wildman–Crippen LogP) is 4.26. The molecule has 2 aromatic carbocycles. The summed E-state index contributed by atoms with van der Waals surface area (Å²) in [7, 11) is 0. The summed E-state index contributed by atoms with van der Waals surface area (Å²) in [5, 5.41) is 0. The van der Waals surface area contributed by atoms with Gasteiger partial charge in [0, 0.05) is 17.3 Å². The number of Topliss-reactive ketones (excluding diaryl/α,β-unsaturated/α-hetero) is 1. The standard InChI is InChI=1S/C19H23NO2/c1-3-6-18(22-17-8-5-7-16(20)13-17)19(21)15-11-9-14(4-2)10-12-15/h5,7-13,18H,3-4,6,20H2,1-2H3. The van der Waals surface area contributed by atoms with E-state index in [9.17, 15) is 4.79 Å². The number of nitrogens with two attached hydrogens (primary N) is 1. The highest BCUT2D eigenvalue weighted by atomic mass is 16.5. The summed E-state index contributed by atoms with van der Waals surface area (Å²) in [5.41, 5.74) is 8.31. The Morgan fingerprint density at radius 2 is 1.86 bits per heavy atom. The van der Waals surface area contributed by atoms with Crippen molar-refractivity contribution < 1.29 is 9.53 Å². The molecule has 0 saturated heterocycles. The van der Waals surface area contributed by atoms with Gasteiger partial charge in [0.1, 0.15) is 5.75 Å². The fraction of sp³-hybridized carbons (Fsp3) is 0.316. The van der Waals surface area contributed by atoms with Crippen molar-refractivity contribution in [1.82, 2.24) is 0 Å².